The minimum atomic E-state index is -0.0363. The monoisotopic (exact) mass is 217 g/mol. The summed E-state index contributed by atoms with van der Waals surface area (Å²) in [6.07, 6.45) is 2.21. The van der Waals surface area contributed by atoms with E-state index >= 15 is 0 Å². The molecule has 2 fully saturated rings. The van der Waals surface area contributed by atoms with E-state index in [1.165, 1.54) is 18.5 Å². The van der Waals surface area contributed by atoms with Crippen molar-refractivity contribution in [3.63, 3.8) is 0 Å². The standard InChI is InChI=1S/C14H19NO/c16-14-7-6-12-9-15(10-13(12)14)8-11-4-2-1-3-5-11/h1-5,12-14,16H,6-10H2/t12-,13+,14-/m1/s1. The number of aliphatic hydroxyl groups is 1. The molecule has 1 aromatic rings. The van der Waals surface area contributed by atoms with Crippen LogP contribution < -0.4 is 0 Å². The first-order valence-corrected chi connectivity index (χ1v) is 6.27. The molecule has 2 nitrogen and oxygen atoms in total. The van der Waals surface area contributed by atoms with Crippen molar-refractivity contribution in [1.29, 1.82) is 0 Å². The number of hydrogen-bond donors (Lipinski definition) is 1. The summed E-state index contributed by atoms with van der Waals surface area (Å²) in [6.45, 7) is 3.30. The number of fused-ring (bicyclic) bond motifs is 1. The lowest BCUT2D eigenvalue weighted by Gasteiger charge is -2.17. The highest BCUT2D eigenvalue weighted by Gasteiger charge is 2.41. The third kappa shape index (κ3) is 1.87. The first kappa shape index (κ1) is 10.3. The molecule has 16 heavy (non-hydrogen) atoms. The van der Waals surface area contributed by atoms with E-state index in [4.69, 9.17) is 0 Å². The van der Waals surface area contributed by atoms with E-state index in [1.807, 2.05) is 0 Å². The summed E-state index contributed by atoms with van der Waals surface area (Å²) in [5, 5.41) is 9.86. The van der Waals surface area contributed by atoms with Gasteiger partial charge in [0.25, 0.3) is 0 Å². The first-order valence-electron chi connectivity index (χ1n) is 6.27. The molecule has 86 valence electrons. The maximum Gasteiger partial charge on any atom is 0.0583 e. The maximum atomic E-state index is 9.86. The Morgan fingerprint density at radius 2 is 1.94 bits per heavy atom. The predicted molar refractivity (Wildman–Crippen MR) is 63.9 cm³/mol. The van der Waals surface area contributed by atoms with Gasteiger partial charge in [-0.25, -0.2) is 0 Å². The van der Waals surface area contributed by atoms with Crippen LogP contribution in [0.3, 0.4) is 0 Å². The molecule has 1 heterocycles. The number of nitrogens with zero attached hydrogens (tertiary/aromatic N) is 1. The Hall–Kier alpha value is -0.860. The van der Waals surface area contributed by atoms with Crippen molar-refractivity contribution < 1.29 is 5.11 Å². The van der Waals surface area contributed by atoms with Gasteiger partial charge in [-0.15, -0.1) is 0 Å². The second-order valence-corrected chi connectivity index (χ2v) is 5.25. The van der Waals surface area contributed by atoms with E-state index in [1.54, 1.807) is 0 Å². The minimum absolute atomic E-state index is 0.0363. The quantitative estimate of drug-likeness (QED) is 0.817. The highest BCUT2D eigenvalue weighted by atomic mass is 16.3. The van der Waals surface area contributed by atoms with Crippen molar-refractivity contribution in [2.75, 3.05) is 13.1 Å². The average molecular weight is 217 g/mol. The normalized spacial score (nSPS) is 34.2. The van der Waals surface area contributed by atoms with Crippen LogP contribution in [-0.2, 0) is 6.54 Å². The van der Waals surface area contributed by atoms with Crippen LogP contribution in [0.2, 0.25) is 0 Å². The van der Waals surface area contributed by atoms with Gasteiger partial charge in [0.05, 0.1) is 6.10 Å². The number of likely N-dealkylation sites (tertiary alicyclic amines) is 1. The second kappa shape index (κ2) is 4.19. The topological polar surface area (TPSA) is 23.5 Å². The van der Waals surface area contributed by atoms with Crippen LogP contribution in [0.25, 0.3) is 0 Å². The van der Waals surface area contributed by atoms with Gasteiger partial charge in [0.15, 0.2) is 0 Å². The summed E-state index contributed by atoms with van der Waals surface area (Å²) < 4.78 is 0. The predicted octanol–water partition coefficient (Wildman–Crippen LogP) is 1.89. The molecule has 1 saturated heterocycles. The molecule has 3 rings (SSSR count). The van der Waals surface area contributed by atoms with Gasteiger partial charge >= 0.3 is 0 Å². The van der Waals surface area contributed by atoms with E-state index in [2.05, 4.69) is 35.2 Å². The van der Waals surface area contributed by atoms with Crippen molar-refractivity contribution in [2.45, 2.75) is 25.5 Å². The molecule has 3 atom stereocenters. The van der Waals surface area contributed by atoms with Crippen LogP contribution in [0.1, 0.15) is 18.4 Å². The summed E-state index contributed by atoms with van der Waals surface area (Å²) in [4.78, 5) is 2.49. The fraction of sp³-hybridized carbons (Fsp3) is 0.571. The Balaban J connectivity index is 1.63. The summed E-state index contributed by atoms with van der Waals surface area (Å²) in [5.74, 6) is 1.29. The van der Waals surface area contributed by atoms with E-state index in [0.717, 1.165) is 25.4 Å². The van der Waals surface area contributed by atoms with E-state index in [-0.39, 0.29) is 6.10 Å². The van der Waals surface area contributed by atoms with E-state index in [9.17, 15) is 5.11 Å². The number of benzene rings is 1. The Kier molecular flexibility index (Phi) is 2.70. The van der Waals surface area contributed by atoms with Gasteiger partial charge in [-0.2, -0.15) is 0 Å². The molecule has 1 aromatic carbocycles. The van der Waals surface area contributed by atoms with Crippen LogP contribution in [0.4, 0.5) is 0 Å². The molecule has 1 saturated carbocycles. The molecule has 0 aromatic heterocycles. The van der Waals surface area contributed by atoms with Crippen molar-refractivity contribution in [2.24, 2.45) is 11.8 Å². The molecule has 0 spiro atoms. The highest BCUT2D eigenvalue weighted by molar-refractivity contribution is 5.15. The lowest BCUT2D eigenvalue weighted by atomic mass is 10.00. The van der Waals surface area contributed by atoms with Gasteiger partial charge in [-0.1, -0.05) is 30.3 Å². The van der Waals surface area contributed by atoms with Crippen molar-refractivity contribution in [1.82, 2.24) is 4.90 Å². The zero-order valence-electron chi connectivity index (χ0n) is 9.55. The Labute approximate surface area is 96.9 Å². The molecule has 0 bridgehead atoms. The van der Waals surface area contributed by atoms with Gasteiger partial charge in [-0.3, -0.25) is 4.90 Å². The summed E-state index contributed by atoms with van der Waals surface area (Å²) in [5.41, 5.74) is 1.39. The molecular weight excluding hydrogens is 198 g/mol. The van der Waals surface area contributed by atoms with Crippen molar-refractivity contribution in [3.8, 4) is 0 Å². The van der Waals surface area contributed by atoms with Gasteiger partial charge < -0.3 is 5.11 Å². The van der Waals surface area contributed by atoms with Crippen LogP contribution in [0.5, 0.6) is 0 Å². The lowest BCUT2D eigenvalue weighted by Crippen LogP contribution is -2.24. The van der Waals surface area contributed by atoms with Crippen LogP contribution in [0, 0.1) is 11.8 Å². The van der Waals surface area contributed by atoms with Crippen LogP contribution in [-0.4, -0.2) is 29.2 Å². The number of rotatable bonds is 2. The summed E-state index contributed by atoms with van der Waals surface area (Å²) in [6, 6.07) is 10.6. The Bertz CT molecular complexity index is 351. The van der Waals surface area contributed by atoms with Crippen LogP contribution in [0.15, 0.2) is 30.3 Å². The van der Waals surface area contributed by atoms with Gasteiger partial charge in [0.1, 0.15) is 0 Å². The van der Waals surface area contributed by atoms with Gasteiger partial charge in [0, 0.05) is 25.6 Å². The average Bonchev–Trinajstić information content (AvgIpc) is 2.83. The molecule has 0 radical (unpaired) electrons. The highest BCUT2D eigenvalue weighted by Crippen LogP contribution is 2.38. The zero-order valence-corrected chi connectivity index (χ0v) is 9.55. The second-order valence-electron chi connectivity index (χ2n) is 5.25. The SMILES string of the molecule is O[C@@H]1CC[C@@H]2CN(Cc3ccccc3)C[C@@H]21. The van der Waals surface area contributed by atoms with Crippen molar-refractivity contribution in [3.05, 3.63) is 35.9 Å². The third-order valence-corrected chi connectivity index (χ3v) is 4.14. The van der Waals surface area contributed by atoms with Gasteiger partial charge in [0.2, 0.25) is 0 Å². The summed E-state index contributed by atoms with van der Waals surface area (Å²) in [7, 11) is 0. The molecular formula is C14H19NO. The molecule has 1 N–H and O–H groups in total. The zero-order chi connectivity index (χ0) is 11.0. The summed E-state index contributed by atoms with van der Waals surface area (Å²) >= 11 is 0. The van der Waals surface area contributed by atoms with E-state index in [0.29, 0.717) is 5.92 Å². The van der Waals surface area contributed by atoms with Crippen molar-refractivity contribution >= 4 is 0 Å². The fourth-order valence-corrected chi connectivity index (χ4v) is 3.30. The lowest BCUT2D eigenvalue weighted by molar-refractivity contribution is 0.123. The van der Waals surface area contributed by atoms with Crippen LogP contribution >= 0.6 is 0 Å². The fourth-order valence-electron chi connectivity index (χ4n) is 3.30. The molecule has 0 unspecified atom stereocenters. The van der Waals surface area contributed by atoms with E-state index < -0.39 is 0 Å². The minimum Gasteiger partial charge on any atom is -0.393 e. The molecule has 1 aliphatic carbocycles. The first-order chi connectivity index (χ1) is 7.83. The maximum absolute atomic E-state index is 9.86. The molecule has 2 heteroatoms. The largest absolute Gasteiger partial charge is 0.393 e. The molecule has 2 aliphatic rings. The third-order valence-electron chi connectivity index (χ3n) is 4.14. The molecule has 1 aliphatic heterocycles. The Morgan fingerprint density at radius 1 is 1.12 bits per heavy atom. The number of aliphatic hydroxyl groups excluding tert-OH is 1. The molecule has 0 amide bonds. The van der Waals surface area contributed by atoms with Gasteiger partial charge in [-0.05, 0) is 24.3 Å². The smallest absolute Gasteiger partial charge is 0.0583 e. The Morgan fingerprint density at radius 3 is 2.69 bits per heavy atom. The number of hydrogen-bond acceptors (Lipinski definition) is 2.